The SMILES string of the molecule is O=C(Cc1ccccc1)Nc1cc(O)cc(Cc2ccccc2)c1. The van der Waals surface area contributed by atoms with Crippen molar-refractivity contribution in [2.24, 2.45) is 0 Å². The zero-order valence-electron chi connectivity index (χ0n) is 13.3. The summed E-state index contributed by atoms with van der Waals surface area (Å²) < 4.78 is 0. The van der Waals surface area contributed by atoms with Crippen LogP contribution < -0.4 is 5.32 Å². The van der Waals surface area contributed by atoms with E-state index in [9.17, 15) is 9.90 Å². The highest BCUT2D eigenvalue weighted by Crippen LogP contribution is 2.22. The van der Waals surface area contributed by atoms with E-state index >= 15 is 0 Å². The fraction of sp³-hybridized carbons (Fsp3) is 0.0952. The number of phenolic OH excluding ortho intramolecular Hbond substituents is 1. The van der Waals surface area contributed by atoms with Gasteiger partial charge in [0.1, 0.15) is 5.75 Å². The van der Waals surface area contributed by atoms with Crippen LogP contribution in [-0.2, 0) is 17.6 Å². The molecule has 0 aliphatic heterocycles. The lowest BCUT2D eigenvalue weighted by Gasteiger charge is -2.09. The molecule has 3 heteroatoms. The van der Waals surface area contributed by atoms with Crippen molar-refractivity contribution in [2.45, 2.75) is 12.8 Å². The van der Waals surface area contributed by atoms with E-state index in [1.54, 1.807) is 12.1 Å². The van der Waals surface area contributed by atoms with Gasteiger partial charge in [0.25, 0.3) is 0 Å². The molecule has 3 nitrogen and oxygen atoms in total. The largest absolute Gasteiger partial charge is 0.508 e. The minimum atomic E-state index is -0.0996. The van der Waals surface area contributed by atoms with Gasteiger partial charge in [-0.05, 0) is 35.2 Å². The fourth-order valence-corrected chi connectivity index (χ4v) is 2.67. The second-order valence-electron chi connectivity index (χ2n) is 5.76. The van der Waals surface area contributed by atoms with Crippen LogP contribution in [-0.4, -0.2) is 11.0 Å². The topological polar surface area (TPSA) is 49.3 Å². The number of rotatable bonds is 5. The van der Waals surface area contributed by atoms with E-state index in [2.05, 4.69) is 5.32 Å². The van der Waals surface area contributed by atoms with E-state index in [0.717, 1.165) is 16.7 Å². The summed E-state index contributed by atoms with van der Waals surface area (Å²) in [6.45, 7) is 0. The molecule has 0 spiro atoms. The standard InChI is InChI=1S/C21H19NO2/c23-20-13-18(11-16-7-3-1-4-8-16)12-19(15-20)22-21(24)14-17-9-5-2-6-10-17/h1-10,12-13,15,23H,11,14H2,(H,22,24). The van der Waals surface area contributed by atoms with Gasteiger partial charge in [-0.3, -0.25) is 4.79 Å². The lowest BCUT2D eigenvalue weighted by atomic mass is 10.0. The Kier molecular flexibility index (Phi) is 4.92. The van der Waals surface area contributed by atoms with Gasteiger partial charge in [-0.25, -0.2) is 0 Å². The highest BCUT2D eigenvalue weighted by Gasteiger charge is 2.07. The van der Waals surface area contributed by atoms with Crippen LogP contribution in [0.4, 0.5) is 5.69 Å². The minimum Gasteiger partial charge on any atom is -0.508 e. The van der Waals surface area contributed by atoms with Gasteiger partial charge in [0.05, 0.1) is 6.42 Å². The van der Waals surface area contributed by atoms with Gasteiger partial charge >= 0.3 is 0 Å². The Morgan fingerprint density at radius 3 is 2.08 bits per heavy atom. The first kappa shape index (κ1) is 15.8. The van der Waals surface area contributed by atoms with Gasteiger partial charge in [0.2, 0.25) is 5.91 Å². The van der Waals surface area contributed by atoms with Gasteiger partial charge in [0, 0.05) is 11.8 Å². The first-order valence-corrected chi connectivity index (χ1v) is 7.90. The van der Waals surface area contributed by atoms with Crippen molar-refractivity contribution in [1.29, 1.82) is 0 Å². The Balaban J connectivity index is 1.70. The van der Waals surface area contributed by atoms with Crippen molar-refractivity contribution in [1.82, 2.24) is 0 Å². The Morgan fingerprint density at radius 1 is 0.792 bits per heavy atom. The number of phenols is 1. The summed E-state index contributed by atoms with van der Waals surface area (Å²) in [5, 5.41) is 12.8. The average Bonchev–Trinajstić information content (AvgIpc) is 2.56. The number of amides is 1. The summed E-state index contributed by atoms with van der Waals surface area (Å²) in [5.41, 5.74) is 3.68. The van der Waals surface area contributed by atoms with Crippen molar-refractivity contribution in [3.05, 3.63) is 95.6 Å². The van der Waals surface area contributed by atoms with Crippen molar-refractivity contribution in [3.8, 4) is 5.75 Å². The summed E-state index contributed by atoms with van der Waals surface area (Å²) in [6, 6.07) is 24.8. The Labute approximate surface area is 141 Å². The van der Waals surface area contributed by atoms with Crippen molar-refractivity contribution >= 4 is 11.6 Å². The zero-order chi connectivity index (χ0) is 16.8. The summed E-state index contributed by atoms with van der Waals surface area (Å²) in [5.74, 6) is 0.0518. The predicted molar refractivity (Wildman–Crippen MR) is 96.1 cm³/mol. The maximum absolute atomic E-state index is 12.2. The van der Waals surface area contributed by atoms with E-state index in [-0.39, 0.29) is 11.7 Å². The molecule has 3 aromatic rings. The van der Waals surface area contributed by atoms with Crippen LogP contribution in [0.15, 0.2) is 78.9 Å². The van der Waals surface area contributed by atoms with Crippen LogP contribution in [0.25, 0.3) is 0 Å². The predicted octanol–water partition coefficient (Wildman–Crippen LogP) is 4.16. The molecule has 0 heterocycles. The number of aromatic hydroxyl groups is 1. The maximum atomic E-state index is 12.2. The number of carbonyl (C=O) groups excluding carboxylic acids is 1. The third kappa shape index (κ3) is 4.46. The lowest BCUT2D eigenvalue weighted by Crippen LogP contribution is -2.14. The molecule has 2 N–H and O–H groups in total. The van der Waals surface area contributed by atoms with Crippen molar-refractivity contribution in [3.63, 3.8) is 0 Å². The zero-order valence-corrected chi connectivity index (χ0v) is 13.3. The highest BCUT2D eigenvalue weighted by atomic mass is 16.3. The van der Waals surface area contributed by atoms with Gasteiger partial charge < -0.3 is 10.4 Å². The molecule has 0 aliphatic carbocycles. The maximum Gasteiger partial charge on any atom is 0.228 e. The Morgan fingerprint density at radius 2 is 1.42 bits per heavy atom. The van der Waals surface area contributed by atoms with Crippen LogP contribution >= 0.6 is 0 Å². The molecule has 0 aromatic heterocycles. The number of benzene rings is 3. The van der Waals surface area contributed by atoms with Gasteiger partial charge in [-0.15, -0.1) is 0 Å². The lowest BCUT2D eigenvalue weighted by molar-refractivity contribution is -0.115. The van der Waals surface area contributed by atoms with Gasteiger partial charge in [-0.2, -0.15) is 0 Å². The number of hydrogen-bond acceptors (Lipinski definition) is 2. The highest BCUT2D eigenvalue weighted by molar-refractivity contribution is 5.92. The van der Waals surface area contributed by atoms with E-state index in [4.69, 9.17) is 0 Å². The van der Waals surface area contributed by atoms with Crippen molar-refractivity contribution < 1.29 is 9.90 Å². The van der Waals surface area contributed by atoms with Gasteiger partial charge in [-0.1, -0.05) is 60.7 Å². The normalized spacial score (nSPS) is 10.3. The molecule has 120 valence electrons. The third-order valence-electron chi connectivity index (χ3n) is 3.72. The Bertz CT molecular complexity index is 814. The minimum absolute atomic E-state index is 0.0996. The summed E-state index contributed by atoms with van der Waals surface area (Å²) in [4.78, 5) is 12.2. The molecule has 0 radical (unpaired) electrons. The Hall–Kier alpha value is -3.07. The van der Waals surface area contributed by atoms with Crippen LogP contribution in [0.1, 0.15) is 16.7 Å². The summed E-state index contributed by atoms with van der Waals surface area (Å²) in [6.07, 6.45) is 1.02. The number of hydrogen-bond donors (Lipinski definition) is 2. The van der Waals surface area contributed by atoms with E-state index in [0.29, 0.717) is 18.5 Å². The molecular formula is C21H19NO2. The molecule has 0 atom stereocenters. The molecule has 1 amide bonds. The monoisotopic (exact) mass is 317 g/mol. The molecule has 0 unspecified atom stereocenters. The average molecular weight is 317 g/mol. The number of anilines is 1. The van der Waals surface area contributed by atoms with Crippen LogP contribution in [0.3, 0.4) is 0 Å². The molecule has 3 aromatic carbocycles. The molecule has 0 aliphatic rings. The first-order chi connectivity index (χ1) is 11.7. The van der Waals surface area contributed by atoms with E-state index < -0.39 is 0 Å². The number of carbonyl (C=O) groups is 1. The molecule has 3 rings (SSSR count). The molecule has 0 saturated heterocycles. The second-order valence-corrected chi connectivity index (χ2v) is 5.76. The van der Waals surface area contributed by atoms with Crippen LogP contribution in [0, 0.1) is 0 Å². The molecule has 0 saturated carbocycles. The smallest absolute Gasteiger partial charge is 0.228 e. The van der Waals surface area contributed by atoms with Crippen molar-refractivity contribution in [2.75, 3.05) is 5.32 Å². The van der Waals surface area contributed by atoms with Crippen LogP contribution in [0.2, 0.25) is 0 Å². The summed E-state index contributed by atoms with van der Waals surface area (Å²) in [7, 11) is 0. The molecule has 0 fully saturated rings. The summed E-state index contributed by atoms with van der Waals surface area (Å²) >= 11 is 0. The van der Waals surface area contributed by atoms with E-state index in [1.807, 2.05) is 66.7 Å². The second kappa shape index (κ2) is 7.47. The van der Waals surface area contributed by atoms with Crippen LogP contribution in [0.5, 0.6) is 5.75 Å². The van der Waals surface area contributed by atoms with E-state index in [1.165, 1.54) is 0 Å². The van der Waals surface area contributed by atoms with Gasteiger partial charge in [0.15, 0.2) is 0 Å². The molecule has 0 bridgehead atoms. The third-order valence-corrected chi connectivity index (χ3v) is 3.72. The fourth-order valence-electron chi connectivity index (χ4n) is 2.67. The molecule has 24 heavy (non-hydrogen) atoms. The molecular weight excluding hydrogens is 298 g/mol. The first-order valence-electron chi connectivity index (χ1n) is 7.90. The number of nitrogens with one attached hydrogen (secondary N) is 1. The quantitative estimate of drug-likeness (QED) is 0.742.